The first-order chi connectivity index (χ1) is 12.8. The summed E-state index contributed by atoms with van der Waals surface area (Å²) in [6.07, 6.45) is 3.33. The van der Waals surface area contributed by atoms with Crippen LogP contribution in [0.25, 0.3) is 0 Å². The molecule has 1 aliphatic rings. The number of piperidine rings is 1. The molecule has 1 aliphatic heterocycles. The van der Waals surface area contributed by atoms with E-state index < -0.39 is 5.60 Å². The average Bonchev–Trinajstić information content (AvgIpc) is 2.63. The third kappa shape index (κ3) is 5.10. The highest BCUT2D eigenvalue weighted by Crippen LogP contribution is 2.24. The zero-order valence-corrected chi connectivity index (χ0v) is 16.6. The fourth-order valence-electron chi connectivity index (χ4n) is 3.11. The van der Waals surface area contributed by atoms with Gasteiger partial charge in [0.05, 0.1) is 6.54 Å². The van der Waals surface area contributed by atoms with Crippen molar-refractivity contribution in [2.24, 2.45) is 0 Å². The Labute approximate surface area is 164 Å². The number of hydrogen-bond donors (Lipinski definition) is 0. The number of benzene rings is 1. The number of carbonyl (C=O) groups excluding carboxylic acids is 1. The Balaban J connectivity index is 1.63. The molecule has 1 atom stereocenters. The molecule has 0 aliphatic carbocycles. The molecule has 0 bridgehead atoms. The van der Waals surface area contributed by atoms with Crippen LogP contribution in [0.3, 0.4) is 0 Å². The van der Waals surface area contributed by atoms with Crippen LogP contribution in [0.5, 0.6) is 11.6 Å². The molecule has 1 aromatic heterocycles. The maximum Gasteiger partial charge on any atom is 0.266 e. The van der Waals surface area contributed by atoms with Crippen LogP contribution in [0, 0.1) is 6.92 Å². The monoisotopic (exact) mass is 389 g/mol. The average molecular weight is 390 g/mol. The van der Waals surface area contributed by atoms with Crippen molar-refractivity contribution in [1.29, 1.82) is 0 Å². The molecule has 0 N–H and O–H groups in total. The van der Waals surface area contributed by atoms with Gasteiger partial charge in [-0.1, -0.05) is 11.6 Å². The first-order valence-electron chi connectivity index (χ1n) is 9.04. The Morgan fingerprint density at radius 1 is 1.26 bits per heavy atom. The first kappa shape index (κ1) is 19.4. The molecule has 1 saturated heterocycles. The van der Waals surface area contributed by atoms with Crippen molar-refractivity contribution < 1.29 is 14.3 Å². The third-order valence-electron chi connectivity index (χ3n) is 4.40. The summed E-state index contributed by atoms with van der Waals surface area (Å²) in [7, 11) is 0. The van der Waals surface area contributed by atoms with Gasteiger partial charge in [0.1, 0.15) is 17.7 Å². The van der Waals surface area contributed by atoms with Crippen LogP contribution in [0.2, 0.25) is 5.02 Å². The molecule has 1 amide bonds. The summed E-state index contributed by atoms with van der Waals surface area (Å²) in [4.78, 5) is 23.2. The van der Waals surface area contributed by atoms with Crippen molar-refractivity contribution in [1.82, 2.24) is 14.9 Å². The Bertz CT molecular complexity index is 795. The lowest BCUT2D eigenvalue weighted by Crippen LogP contribution is -2.53. The number of rotatable bonds is 5. The van der Waals surface area contributed by atoms with Gasteiger partial charge in [-0.25, -0.2) is 4.98 Å². The lowest BCUT2D eigenvalue weighted by Gasteiger charge is -2.37. The van der Waals surface area contributed by atoms with E-state index in [1.807, 2.05) is 6.92 Å². The molecular formula is C20H24ClN3O3. The molecule has 27 heavy (non-hydrogen) atoms. The summed E-state index contributed by atoms with van der Waals surface area (Å²) in [5.74, 6) is 1.75. The van der Waals surface area contributed by atoms with Crippen LogP contribution in [-0.2, 0) is 4.79 Å². The smallest absolute Gasteiger partial charge is 0.266 e. The first-order valence-corrected chi connectivity index (χ1v) is 9.41. The van der Waals surface area contributed by atoms with Crippen LogP contribution in [0.4, 0.5) is 0 Å². The van der Waals surface area contributed by atoms with E-state index in [9.17, 15) is 4.79 Å². The second kappa shape index (κ2) is 8.13. The van der Waals surface area contributed by atoms with Crippen molar-refractivity contribution >= 4 is 17.5 Å². The van der Waals surface area contributed by atoms with E-state index in [2.05, 4.69) is 9.97 Å². The number of halogens is 1. The normalized spacial score (nSPS) is 17.5. The number of likely N-dealkylation sites (tertiary alicyclic amines) is 1. The molecule has 0 radical (unpaired) electrons. The van der Waals surface area contributed by atoms with Crippen molar-refractivity contribution in [2.45, 2.75) is 45.3 Å². The van der Waals surface area contributed by atoms with E-state index in [0.29, 0.717) is 35.6 Å². The minimum Gasteiger partial charge on any atom is -0.478 e. The van der Waals surface area contributed by atoms with E-state index in [-0.39, 0.29) is 12.0 Å². The summed E-state index contributed by atoms with van der Waals surface area (Å²) >= 11 is 5.91. The van der Waals surface area contributed by atoms with E-state index in [1.165, 1.54) is 0 Å². The van der Waals surface area contributed by atoms with Gasteiger partial charge in [-0.3, -0.25) is 4.79 Å². The zero-order chi connectivity index (χ0) is 19.4. The number of ether oxygens (including phenoxy) is 2. The number of hydrogen-bond acceptors (Lipinski definition) is 5. The largest absolute Gasteiger partial charge is 0.478 e. The van der Waals surface area contributed by atoms with Gasteiger partial charge in [0.2, 0.25) is 5.88 Å². The maximum atomic E-state index is 13.0. The van der Waals surface area contributed by atoms with Crippen molar-refractivity contribution in [3.8, 4) is 11.6 Å². The highest BCUT2D eigenvalue weighted by atomic mass is 35.5. The molecule has 1 aromatic carbocycles. The van der Waals surface area contributed by atoms with E-state index in [4.69, 9.17) is 21.1 Å². The lowest BCUT2D eigenvalue weighted by atomic mass is 10.0. The van der Waals surface area contributed by atoms with Gasteiger partial charge in [0.25, 0.3) is 5.91 Å². The standard InChI is InChI=1S/C20H24ClN3O3/c1-14-22-11-10-18(23-14)26-17-5-4-12-24(13-17)19(25)20(2,3)27-16-8-6-15(21)7-9-16/h6-11,17H,4-5,12-13H2,1-3H3. The molecule has 0 saturated carbocycles. The van der Waals surface area contributed by atoms with Gasteiger partial charge in [0.15, 0.2) is 5.60 Å². The second-order valence-corrected chi connectivity index (χ2v) is 7.58. The van der Waals surface area contributed by atoms with Gasteiger partial charge in [-0.05, 0) is 57.9 Å². The topological polar surface area (TPSA) is 64.5 Å². The minimum absolute atomic E-state index is 0.0652. The van der Waals surface area contributed by atoms with Crippen LogP contribution in [0.15, 0.2) is 36.5 Å². The van der Waals surface area contributed by atoms with Gasteiger partial charge < -0.3 is 14.4 Å². The zero-order valence-electron chi connectivity index (χ0n) is 15.8. The summed E-state index contributed by atoms with van der Waals surface area (Å²) in [6.45, 7) is 6.58. The van der Waals surface area contributed by atoms with Gasteiger partial charge in [-0.15, -0.1) is 0 Å². The molecule has 0 spiro atoms. The molecule has 1 fully saturated rings. The highest BCUT2D eigenvalue weighted by Gasteiger charge is 2.37. The van der Waals surface area contributed by atoms with Gasteiger partial charge in [0, 0.05) is 23.8 Å². The van der Waals surface area contributed by atoms with Crippen LogP contribution in [-0.4, -0.2) is 45.6 Å². The van der Waals surface area contributed by atoms with Crippen LogP contribution in [0.1, 0.15) is 32.5 Å². The Morgan fingerprint density at radius 3 is 2.70 bits per heavy atom. The van der Waals surface area contributed by atoms with Crippen molar-refractivity contribution in [2.75, 3.05) is 13.1 Å². The Hall–Kier alpha value is -2.34. The second-order valence-electron chi connectivity index (χ2n) is 7.14. The summed E-state index contributed by atoms with van der Waals surface area (Å²) in [5.41, 5.74) is -0.985. The quantitative estimate of drug-likeness (QED) is 0.780. The maximum absolute atomic E-state index is 13.0. The number of aryl methyl sites for hydroxylation is 1. The third-order valence-corrected chi connectivity index (χ3v) is 4.66. The van der Waals surface area contributed by atoms with Crippen molar-refractivity contribution in [3.05, 3.63) is 47.4 Å². The van der Waals surface area contributed by atoms with E-state index in [1.54, 1.807) is 55.3 Å². The van der Waals surface area contributed by atoms with Crippen LogP contribution >= 0.6 is 11.6 Å². The number of nitrogens with zero attached hydrogens (tertiary/aromatic N) is 3. The van der Waals surface area contributed by atoms with Gasteiger partial charge >= 0.3 is 0 Å². The van der Waals surface area contributed by atoms with Crippen molar-refractivity contribution in [3.63, 3.8) is 0 Å². The molecule has 3 rings (SSSR count). The summed E-state index contributed by atoms with van der Waals surface area (Å²) < 4.78 is 11.9. The molecule has 144 valence electrons. The molecule has 1 unspecified atom stereocenters. The number of aromatic nitrogens is 2. The van der Waals surface area contributed by atoms with E-state index in [0.717, 1.165) is 12.8 Å². The SMILES string of the molecule is Cc1nccc(OC2CCCN(C(=O)C(C)(C)Oc3ccc(Cl)cc3)C2)n1. The predicted octanol–water partition coefficient (Wildman–Crippen LogP) is 3.67. The Morgan fingerprint density at radius 2 is 2.00 bits per heavy atom. The van der Waals surface area contributed by atoms with Crippen LogP contribution < -0.4 is 9.47 Å². The fourth-order valence-corrected chi connectivity index (χ4v) is 3.24. The summed E-state index contributed by atoms with van der Waals surface area (Å²) in [5, 5.41) is 0.627. The molecule has 6 nitrogen and oxygen atoms in total. The summed E-state index contributed by atoms with van der Waals surface area (Å²) in [6, 6.07) is 8.74. The molecule has 7 heteroatoms. The fraction of sp³-hybridized carbons (Fsp3) is 0.450. The molecule has 2 heterocycles. The highest BCUT2D eigenvalue weighted by molar-refractivity contribution is 6.30. The predicted molar refractivity (Wildman–Crippen MR) is 103 cm³/mol. The Kier molecular flexibility index (Phi) is 5.85. The van der Waals surface area contributed by atoms with E-state index >= 15 is 0 Å². The number of carbonyl (C=O) groups is 1. The lowest BCUT2D eigenvalue weighted by molar-refractivity contribution is -0.148. The molecular weight excluding hydrogens is 366 g/mol. The minimum atomic E-state index is -0.985. The number of amides is 1. The molecule has 2 aromatic rings. The van der Waals surface area contributed by atoms with Gasteiger partial charge in [-0.2, -0.15) is 4.98 Å².